The molecule has 2 aromatic rings. The molecule has 1 aromatic heterocycles. The molecule has 2 N–H and O–H groups in total. The minimum Gasteiger partial charge on any atom is -0.493 e. The topological polar surface area (TPSA) is 103 Å². The number of benzene rings is 1. The van der Waals surface area contributed by atoms with Crippen LogP contribution < -0.4 is 19.5 Å². The summed E-state index contributed by atoms with van der Waals surface area (Å²) < 4.78 is 15.7. The van der Waals surface area contributed by atoms with Crippen LogP contribution >= 0.6 is 0 Å². The first-order valence-corrected chi connectivity index (χ1v) is 8.23. The summed E-state index contributed by atoms with van der Waals surface area (Å²) in [4.78, 5) is 19.2. The van der Waals surface area contributed by atoms with E-state index >= 15 is 0 Å². The zero-order valence-corrected chi connectivity index (χ0v) is 15.1. The van der Waals surface area contributed by atoms with Gasteiger partial charge in [-0.05, 0) is 30.5 Å². The molecule has 0 aliphatic carbocycles. The molecule has 0 unspecified atom stereocenters. The Bertz CT molecular complexity index is 752. The van der Waals surface area contributed by atoms with E-state index in [0.717, 1.165) is 17.7 Å². The van der Waals surface area contributed by atoms with E-state index in [1.165, 1.54) is 0 Å². The summed E-state index contributed by atoms with van der Waals surface area (Å²) in [6.07, 6.45) is 1.42. The molecule has 1 heterocycles. The number of aliphatic carboxylic acids is 1. The van der Waals surface area contributed by atoms with Crippen molar-refractivity contribution in [2.24, 2.45) is 0 Å². The number of anilines is 1. The minimum absolute atomic E-state index is 0.243. The summed E-state index contributed by atoms with van der Waals surface area (Å²) in [5, 5.41) is 11.9. The van der Waals surface area contributed by atoms with Crippen LogP contribution in [0.4, 0.5) is 5.95 Å². The number of carboxylic acids is 1. The smallest absolute Gasteiger partial charge is 0.341 e. The van der Waals surface area contributed by atoms with Crippen LogP contribution in [0.3, 0.4) is 0 Å². The van der Waals surface area contributed by atoms with Gasteiger partial charge in [0.25, 0.3) is 0 Å². The van der Waals surface area contributed by atoms with Crippen molar-refractivity contribution in [1.29, 1.82) is 0 Å². The maximum atomic E-state index is 10.6. The first-order chi connectivity index (χ1) is 12.5. The standard InChI is InChI=1S/C18H23N3O5/c1-4-13-10-16(26-11-17(22)23)21-18(20-13)19-8-7-12-5-6-14(24-2)15(9-12)25-3/h5-6,9-10H,4,7-8,11H2,1-3H3,(H,22,23)(H,19,20,21). The van der Waals surface area contributed by atoms with E-state index in [4.69, 9.17) is 19.3 Å². The third-order valence-electron chi connectivity index (χ3n) is 3.61. The monoisotopic (exact) mass is 361 g/mol. The summed E-state index contributed by atoms with van der Waals surface area (Å²) in [5.74, 6) is 0.963. The Hall–Kier alpha value is -3.03. The van der Waals surface area contributed by atoms with E-state index in [1.807, 2.05) is 25.1 Å². The Morgan fingerprint density at radius 2 is 1.92 bits per heavy atom. The Labute approximate surface area is 152 Å². The largest absolute Gasteiger partial charge is 0.493 e. The molecule has 0 saturated heterocycles. The highest BCUT2D eigenvalue weighted by Gasteiger charge is 2.08. The Balaban J connectivity index is 2.00. The van der Waals surface area contributed by atoms with Crippen LogP contribution in [0, 0.1) is 0 Å². The van der Waals surface area contributed by atoms with Gasteiger partial charge in [0, 0.05) is 18.3 Å². The molecule has 140 valence electrons. The number of carbonyl (C=O) groups is 1. The predicted molar refractivity (Wildman–Crippen MR) is 96.3 cm³/mol. The van der Waals surface area contributed by atoms with Gasteiger partial charge < -0.3 is 24.6 Å². The Morgan fingerprint density at radius 3 is 2.58 bits per heavy atom. The van der Waals surface area contributed by atoms with E-state index in [9.17, 15) is 4.79 Å². The van der Waals surface area contributed by atoms with Gasteiger partial charge in [0.2, 0.25) is 11.8 Å². The predicted octanol–water partition coefficient (Wildman–Crippen LogP) is 2.17. The van der Waals surface area contributed by atoms with Crippen LogP contribution in [0.1, 0.15) is 18.2 Å². The maximum absolute atomic E-state index is 10.6. The first kappa shape index (κ1) is 19.3. The Kier molecular flexibility index (Phi) is 7.02. The summed E-state index contributed by atoms with van der Waals surface area (Å²) >= 11 is 0. The van der Waals surface area contributed by atoms with Crippen molar-refractivity contribution in [3.8, 4) is 17.4 Å². The van der Waals surface area contributed by atoms with Crippen molar-refractivity contribution in [3.05, 3.63) is 35.5 Å². The van der Waals surface area contributed by atoms with Crippen molar-refractivity contribution < 1.29 is 24.1 Å². The zero-order valence-electron chi connectivity index (χ0n) is 15.1. The van der Waals surface area contributed by atoms with Crippen molar-refractivity contribution in [2.75, 3.05) is 32.7 Å². The van der Waals surface area contributed by atoms with Crippen LogP contribution in [0.5, 0.6) is 17.4 Å². The van der Waals surface area contributed by atoms with Crippen LogP contribution in [0.25, 0.3) is 0 Å². The van der Waals surface area contributed by atoms with Gasteiger partial charge >= 0.3 is 5.97 Å². The van der Waals surface area contributed by atoms with E-state index in [1.54, 1.807) is 20.3 Å². The van der Waals surface area contributed by atoms with Gasteiger partial charge in [0.15, 0.2) is 18.1 Å². The van der Waals surface area contributed by atoms with Gasteiger partial charge in [-0.1, -0.05) is 13.0 Å². The average Bonchev–Trinajstić information content (AvgIpc) is 2.66. The van der Waals surface area contributed by atoms with Gasteiger partial charge in [-0.15, -0.1) is 0 Å². The molecule has 0 amide bonds. The second-order valence-electron chi connectivity index (χ2n) is 5.42. The van der Waals surface area contributed by atoms with Crippen LogP contribution in [-0.2, 0) is 17.6 Å². The lowest BCUT2D eigenvalue weighted by Crippen LogP contribution is -2.13. The number of nitrogens with one attached hydrogen (secondary N) is 1. The number of aromatic nitrogens is 2. The molecular weight excluding hydrogens is 338 g/mol. The van der Waals surface area contributed by atoms with Crippen LogP contribution in [-0.4, -0.2) is 48.4 Å². The van der Waals surface area contributed by atoms with Crippen LogP contribution in [0.15, 0.2) is 24.3 Å². The normalized spacial score (nSPS) is 10.3. The van der Waals surface area contributed by atoms with Crippen molar-refractivity contribution in [2.45, 2.75) is 19.8 Å². The number of methoxy groups -OCH3 is 2. The molecule has 26 heavy (non-hydrogen) atoms. The molecule has 8 nitrogen and oxygen atoms in total. The number of nitrogens with zero attached hydrogens (tertiary/aromatic N) is 2. The highest BCUT2D eigenvalue weighted by atomic mass is 16.5. The summed E-state index contributed by atoms with van der Waals surface area (Å²) in [6, 6.07) is 7.39. The maximum Gasteiger partial charge on any atom is 0.341 e. The molecule has 2 rings (SSSR count). The minimum atomic E-state index is -1.05. The number of ether oxygens (including phenoxy) is 3. The molecular formula is C18H23N3O5. The molecule has 1 aromatic carbocycles. The second kappa shape index (κ2) is 9.45. The quantitative estimate of drug-likeness (QED) is 0.664. The lowest BCUT2D eigenvalue weighted by atomic mass is 10.1. The summed E-state index contributed by atoms with van der Waals surface area (Å²) in [7, 11) is 3.20. The lowest BCUT2D eigenvalue weighted by molar-refractivity contribution is -0.139. The van der Waals surface area contributed by atoms with Gasteiger partial charge in [-0.2, -0.15) is 4.98 Å². The van der Waals surface area contributed by atoms with E-state index in [2.05, 4.69) is 15.3 Å². The van der Waals surface area contributed by atoms with E-state index < -0.39 is 12.6 Å². The summed E-state index contributed by atoms with van der Waals surface area (Å²) in [5.41, 5.74) is 1.85. The fraction of sp³-hybridized carbons (Fsp3) is 0.389. The highest BCUT2D eigenvalue weighted by Crippen LogP contribution is 2.27. The zero-order chi connectivity index (χ0) is 18.9. The fourth-order valence-electron chi connectivity index (χ4n) is 2.30. The van der Waals surface area contributed by atoms with Gasteiger partial charge in [0.05, 0.1) is 14.2 Å². The van der Waals surface area contributed by atoms with Crippen molar-refractivity contribution in [1.82, 2.24) is 9.97 Å². The molecule has 0 bridgehead atoms. The third kappa shape index (κ3) is 5.51. The SMILES string of the molecule is CCc1cc(OCC(=O)O)nc(NCCc2ccc(OC)c(OC)c2)n1. The molecule has 0 atom stereocenters. The highest BCUT2D eigenvalue weighted by molar-refractivity contribution is 5.68. The van der Waals surface area contributed by atoms with Gasteiger partial charge in [-0.3, -0.25) is 0 Å². The van der Waals surface area contributed by atoms with Crippen molar-refractivity contribution in [3.63, 3.8) is 0 Å². The van der Waals surface area contributed by atoms with E-state index in [0.29, 0.717) is 30.4 Å². The molecule has 0 radical (unpaired) electrons. The Morgan fingerprint density at radius 1 is 1.15 bits per heavy atom. The second-order valence-corrected chi connectivity index (χ2v) is 5.42. The lowest BCUT2D eigenvalue weighted by Gasteiger charge is -2.11. The summed E-state index contributed by atoms with van der Waals surface area (Å²) in [6.45, 7) is 2.11. The number of rotatable bonds is 10. The fourth-order valence-corrected chi connectivity index (χ4v) is 2.30. The number of carboxylic acid groups (broad SMARTS) is 1. The molecule has 0 aliphatic rings. The van der Waals surface area contributed by atoms with Crippen molar-refractivity contribution >= 4 is 11.9 Å². The first-order valence-electron chi connectivity index (χ1n) is 8.23. The average molecular weight is 361 g/mol. The molecule has 0 aliphatic heterocycles. The number of hydrogen-bond donors (Lipinski definition) is 2. The molecule has 0 spiro atoms. The van der Waals surface area contributed by atoms with Gasteiger partial charge in [-0.25, -0.2) is 9.78 Å². The van der Waals surface area contributed by atoms with Crippen LogP contribution in [0.2, 0.25) is 0 Å². The number of aryl methyl sites for hydroxylation is 1. The third-order valence-corrected chi connectivity index (χ3v) is 3.61. The van der Waals surface area contributed by atoms with E-state index in [-0.39, 0.29) is 5.88 Å². The molecule has 0 fully saturated rings. The number of hydrogen-bond acceptors (Lipinski definition) is 7. The molecule has 8 heteroatoms. The molecule has 0 saturated carbocycles. The van der Waals surface area contributed by atoms with Gasteiger partial charge in [0.1, 0.15) is 0 Å².